The average Bonchev–Trinajstić information content (AvgIpc) is 3.19. The van der Waals surface area contributed by atoms with Gasteiger partial charge in [0.25, 0.3) is 0 Å². The SMILES string of the molecule is CN(C)C(CNC(=O)CN1CCN(c2nc3ccccc3s2)CC1)c1ccccc1. The number of piperazine rings is 1. The molecule has 1 N–H and O–H groups in total. The van der Waals surface area contributed by atoms with E-state index in [0.717, 1.165) is 36.8 Å². The van der Waals surface area contributed by atoms with Gasteiger partial charge in [0.2, 0.25) is 5.91 Å². The van der Waals surface area contributed by atoms with Crippen LogP contribution in [0.2, 0.25) is 0 Å². The van der Waals surface area contributed by atoms with Gasteiger partial charge in [-0.25, -0.2) is 4.98 Å². The predicted molar refractivity (Wildman–Crippen MR) is 124 cm³/mol. The summed E-state index contributed by atoms with van der Waals surface area (Å²) < 4.78 is 1.23. The second-order valence-electron chi connectivity index (χ2n) is 7.92. The Hall–Kier alpha value is -2.48. The van der Waals surface area contributed by atoms with Gasteiger partial charge in [0, 0.05) is 32.7 Å². The van der Waals surface area contributed by atoms with Crippen molar-refractivity contribution in [1.82, 2.24) is 20.1 Å². The molecule has 3 aromatic rings. The Labute approximate surface area is 182 Å². The number of nitrogens with one attached hydrogen (secondary N) is 1. The summed E-state index contributed by atoms with van der Waals surface area (Å²) in [5.74, 6) is 0.0891. The summed E-state index contributed by atoms with van der Waals surface area (Å²) in [6, 6.07) is 18.8. The molecule has 2 heterocycles. The monoisotopic (exact) mass is 423 g/mol. The molecule has 0 radical (unpaired) electrons. The van der Waals surface area contributed by atoms with Crippen LogP contribution in [0.25, 0.3) is 10.2 Å². The Bertz CT molecular complexity index is 933. The summed E-state index contributed by atoms with van der Waals surface area (Å²) in [6.07, 6.45) is 0. The van der Waals surface area contributed by atoms with E-state index in [9.17, 15) is 4.79 Å². The minimum absolute atomic E-state index is 0.0891. The van der Waals surface area contributed by atoms with E-state index in [4.69, 9.17) is 4.98 Å². The number of likely N-dealkylation sites (N-methyl/N-ethyl adjacent to an activating group) is 1. The van der Waals surface area contributed by atoms with Crippen LogP contribution >= 0.6 is 11.3 Å². The van der Waals surface area contributed by atoms with E-state index in [2.05, 4.69) is 50.3 Å². The molecule has 1 aromatic heterocycles. The highest BCUT2D eigenvalue weighted by Crippen LogP contribution is 2.29. The number of carbonyl (C=O) groups is 1. The second-order valence-corrected chi connectivity index (χ2v) is 8.93. The smallest absolute Gasteiger partial charge is 0.234 e. The number of carbonyl (C=O) groups excluding carboxylic acids is 1. The molecule has 0 saturated carbocycles. The third-order valence-electron chi connectivity index (χ3n) is 5.59. The van der Waals surface area contributed by atoms with Crippen molar-refractivity contribution in [2.45, 2.75) is 6.04 Å². The molecule has 7 heteroatoms. The van der Waals surface area contributed by atoms with Gasteiger partial charge in [-0.15, -0.1) is 0 Å². The van der Waals surface area contributed by atoms with Crippen molar-refractivity contribution in [3.63, 3.8) is 0 Å². The zero-order valence-electron chi connectivity index (χ0n) is 17.6. The highest BCUT2D eigenvalue weighted by Gasteiger charge is 2.22. The topological polar surface area (TPSA) is 51.7 Å². The normalized spacial score (nSPS) is 16.2. The molecule has 0 bridgehead atoms. The van der Waals surface area contributed by atoms with Gasteiger partial charge in [-0.05, 0) is 31.8 Å². The quantitative estimate of drug-likeness (QED) is 0.633. The molecule has 6 nitrogen and oxygen atoms in total. The number of amides is 1. The van der Waals surface area contributed by atoms with Gasteiger partial charge in [-0.3, -0.25) is 9.69 Å². The van der Waals surface area contributed by atoms with E-state index in [1.54, 1.807) is 11.3 Å². The van der Waals surface area contributed by atoms with Gasteiger partial charge < -0.3 is 15.1 Å². The van der Waals surface area contributed by atoms with Crippen LogP contribution < -0.4 is 10.2 Å². The van der Waals surface area contributed by atoms with Crippen LogP contribution in [-0.4, -0.2) is 74.1 Å². The van der Waals surface area contributed by atoms with Crippen molar-refractivity contribution >= 4 is 32.6 Å². The first-order chi connectivity index (χ1) is 14.6. The fourth-order valence-electron chi connectivity index (χ4n) is 3.84. The fourth-order valence-corrected chi connectivity index (χ4v) is 4.85. The maximum atomic E-state index is 12.5. The molecule has 0 spiro atoms. The second kappa shape index (κ2) is 9.55. The van der Waals surface area contributed by atoms with Gasteiger partial charge in [0.1, 0.15) is 0 Å². The number of benzene rings is 2. The van der Waals surface area contributed by atoms with Crippen molar-refractivity contribution in [1.29, 1.82) is 0 Å². The summed E-state index contributed by atoms with van der Waals surface area (Å²) in [5.41, 5.74) is 2.28. The standard InChI is InChI=1S/C23H29N5OS/c1-26(2)20(18-8-4-3-5-9-18)16-24-22(29)17-27-12-14-28(15-13-27)23-25-19-10-6-7-11-21(19)30-23/h3-11,20H,12-17H2,1-2H3,(H,24,29). The fraction of sp³-hybridized carbons (Fsp3) is 0.391. The molecule has 1 aliphatic heterocycles. The Balaban J connectivity index is 1.26. The minimum atomic E-state index is 0.0891. The lowest BCUT2D eigenvalue weighted by Gasteiger charge is -2.34. The maximum Gasteiger partial charge on any atom is 0.234 e. The van der Waals surface area contributed by atoms with Crippen LogP contribution in [0.3, 0.4) is 0 Å². The lowest BCUT2D eigenvalue weighted by molar-refractivity contribution is -0.122. The summed E-state index contributed by atoms with van der Waals surface area (Å²) in [4.78, 5) is 24.0. The summed E-state index contributed by atoms with van der Waals surface area (Å²) >= 11 is 1.74. The number of hydrogen-bond acceptors (Lipinski definition) is 6. The maximum absolute atomic E-state index is 12.5. The molecule has 158 valence electrons. The van der Waals surface area contributed by atoms with E-state index in [0.29, 0.717) is 13.1 Å². The van der Waals surface area contributed by atoms with Gasteiger partial charge in [-0.2, -0.15) is 0 Å². The zero-order valence-corrected chi connectivity index (χ0v) is 18.4. The van der Waals surface area contributed by atoms with Crippen molar-refractivity contribution in [3.8, 4) is 0 Å². The number of thiazole rings is 1. The Morgan fingerprint density at radius 3 is 2.47 bits per heavy atom. The van der Waals surface area contributed by atoms with E-state index in [-0.39, 0.29) is 11.9 Å². The molecule has 1 atom stereocenters. The lowest BCUT2D eigenvalue weighted by atomic mass is 10.1. The number of para-hydroxylation sites is 1. The largest absolute Gasteiger partial charge is 0.353 e. The predicted octanol–water partition coefficient (Wildman–Crippen LogP) is 2.84. The third-order valence-corrected chi connectivity index (χ3v) is 6.69. The summed E-state index contributed by atoms with van der Waals surface area (Å²) in [6.45, 7) is 4.61. The van der Waals surface area contributed by atoms with Crippen molar-refractivity contribution < 1.29 is 4.79 Å². The number of nitrogens with zero attached hydrogens (tertiary/aromatic N) is 4. The van der Waals surface area contributed by atoms with Gasteiger partial charge in [0.15, 0.2) is 5.13 Å². The van der Waals surface area contributed by atoms with E-state index < -0.39 is 0 Å². The van der Waals surface area contributed by atoms with E-state index >= 15 is 0 Å². The lowest BCUT2D eigenvalue weighted by Crippen LogP contribution is -2.50. The van der Waals surface area contributed by atoms with Crippen LogP contribution in [0.15, 0.2) is 54.6 Å². The van der Waals surface area contributed by atoms with Crippen molar-refractivity contribution in [3.05, 3.63) is 60.2 Å². The third kappa shape index (κ3) is 4.98. The van der Waals surface area contributed by atoms with Gasteiger partial charge >= 0.3 is 0 Å². The molecule has 0 aliphatic carbocycles. The summed E-state index contributed by atoms with van der Waals surface area (Å²) in [7, 11) is 4.09. The van der Waals surface area contributed by atoms with Crippen LogP contribution in [-0.2, 0) is 4.79 Å². The number of fused-ring (bicyclic) bond motifs is 1. The number of aromatic nitrogens is 1. The van der Waals surface area contributed by atoms with Crippen LogP contribution in [0.5, 0.6) is 0 Å². The molecule has 2 aromatic carbocycles. The van der Waals surface area contributed by atoms with Gasteiger partial charge in [0.05, 0.1) is 22.8 Å². The Morgan fingerprint density at radius 1 is 1.07 bits per heavy atom. The number of rotatable bonds is 7. The molecular formula is C23H29N5OS. The first-order valence-electron chi connectivity index (χ1n) is 10.4. The molecular weight excluding hydrogens is 394 g/mol. The highest BCUT2D eigenvalue weighted by atomic mass is 32.1. The molecule has 1 amide bonds. The van der Waals surface area contributed by atoms with Crippen LogP contribution in [0.4, 0.5) is 5.13 Å². The van der Waals surface area contributed by atoms with Crippen molar-refractivity contribution in [2.75, 3.05) is 58.3 Å². The van der Waals surface area contributed by atoms with Gasteiger partial charge in [-0.1, -0.05) is 53.8 Å². The van der Waals surface area contributed by atoms with Crippen LogP contribution in [0.1, 0.15) is 11.6 Å². The molecule has 30 heavy (non-hydrogen) atoms. The van der Waals surface area contributed by atoms with Crippen LogP contribution in [0, 0.1) is 0 Å². The average molecular weight is 424 g/mol. The molecule has 1 unspecified atom stereocenters. The molecule has 1 aliphatic rings. The molecule has 1 saturated heterocycles. The Kier molecular flexibility index (Phi) is 6.62. The molecule has 1 fully saturated rings. The first kappa shape index (κ1) is 20.8. The minimum Gasteiger partial charge on any atom is -0.353 e. The van der Waals surface area contributed by atoms with Crippen molar-refractivity contribution in [2.24, 2.45) is 0 Å². The zero-order chi connectivity index (χ0) is 20.9. The van der Waals surface area contributed by atoms with E-state index in [1.807, 2.05) is 38.4 Å². The number of anilines is 1. The number of hydrogen-bond donors (Lipinski definition) is 1. The molecule has 4 rings (SSSR count). The first-order valence-corrected chi connectivity index (χ1v) is 11.2. The Morgan fingerprint density at radius 2 is 1.77 bits per heavy atom. The van der Waals surface area contributed by atoms with E-state index in [1.165, 1.54) is 10.3 Å². The highest BCUT2D eigenvalue weighted by molar-refractivity contribution is 7.22. The summed E-state index contributed by atoms with van der Waals surface area (Å²) in [5, 5.41) is 4.20.